The Hall–Kier alpha value is -4.18. The van der Waals surface area contributed by atoms with Gasteiger partial charge in [0.2, 0.25) is 5.91 Å². The summed E-state index contributed by atoms with van der Waals surface area (Å²) in [4.78, 5) is 23.1. The zero-order valence-corrected chi connectivity index (χ0v) is 19.9. The number of nitro benzene ring substituents is 1. The van der Waals surface area contributed by atoms with Gasteiger partial charge in [0.05, 0.1) is 10.2 Å². The van der Waals surface area contributed by atoms with Crippen molar-refractivity contribution in [2.24, 2.45) is 0 Å². The van der Waals surface area contributed by atoms with Gasteiger partial charge in [0, 0.05) is 23.5 Å². The molecule has 0 unspecified atom stereocenters. The first kappa shape index (κ1) is 24.0. The Kier molecular flexibility index (Phi) is 7.41. The fourth-order valence-corrected chi connectivity index (χ4v) is 4.10. The molecule has 0 saturated heterocycles. The highest BCUT2D eigenvalue weighted by molar-refractivity contribution is 8.00. The molecule has 1 N–H and O–H groups in total. The van der Waals surface area contributed by atoms with Crippen LogP contribution in [0.15, 0.2) is 84.0 Å². The van der Waals surface area contributed by atoms with Gasteiger partial charge in [-0.1, -0.05) is 47.7 Å². The molecule has 10 heteroatoms. The summed E-state index contributed by atoms with van der Waals surface area (Å²) in [5.74, 6) is 1.06. The third-order valence-electron chi connectivity index (χ3n) is 5.10. The highest BCUT2D eigenvalue weighted by Crippen LogP contribution is 2.27. The number of nitrogens with one attached hydrogen (secondary N) is 1. The van der Waals surface area contributed by atoms with Crippen LogP contribution in [0.5, 0.6) is 5.75 Å². The minimum Gasteiger partial charge on any atom is -0.486 e. The molecule has 4 rings (SSSR count). The highest BCUT2D eigenvalue weighted by atomic mass is 32.2. The standard InChI is InChI=1S/C25H23N5O4S/c1-17-8-14-22(15-9-17)34-16-23-27-28-25(29(23)20-6-4-3-5-7-20)35-18(2)24(31)26-19-10-12-21(13-11-19)30(32)33/h3-15,18H,16H2,1-2H3,(H,26,31)/t18-/m0/s1. The van der Waals surface area contributed by atoms with Crippen molar-refractivity contribution in [2.45, 2.75) is 30.9 Å². The number of nitrogens with zero attached hydrogens (tertiary/aromatic N) is 4. The molecule has 1 atom stereocenters. The van der Waals surface area contributed by atoms with Crippen LogP contribution < -0.4 is 10.1 Å². The van der Waals surface area contributed by atoms with Crippen molar-refractivity contribution in [1.82, 2.24) is 14.8 Å². The molecular formula is C25H23N5O4S. The Morgan fingerprint density at radius 1 is 1.06 bits per heavy atom. The maximum Gasteiger partial charge on any atom is 0.269 e. The van der Waals surface area contributed by atoms with Crippen LogP contribution in [0.25, 0.3) is 5.69 Å². The van der Waals surface area contributed by atoms with Crippen molar-refractivity contribution in [2.75, 3.05) is 5.32 Å². The van der Waals surface area contributed by atoms with E-state index in [2.05, 4.69) is 15.5 Å². The number of thioether (sulfide) groups is 1. The fourth-order valence-electron chi connectivity index (χ4n) is 3.21. The number of amides is 1. The predicted molar refractivity (Wildman–Crippen MR) is 134 cm³/mol. The first-order chi connectivity index (χ1) is 16.9. The van der Waals surface area contributed by atoms with Crippen LogP contribution >= 0.6 is 11.8 Å². The Morgan fingerprint density at radius 2 is 1.74 bits per heavy atom. The van der Waals surface area contributed by atoms with Crippen molar-refractivity contribution >= 4 is 29.0 Å². The van der Waals surface area contributed by atoms with E-state index >= 15 is 0 Å². The zero-order valence-electron chi connectivity index (χ0n) is 19.1. The molecule has 178 valence electrons. The van der Waals surface area contributed by atoms with Crippen LogP contribution in [0.2, 0.25) is 0 Å². The number of para-hydroxylation sites is 1. The van der Waals surface area contributed by atoms with Gasteiger partial charge in [0.1, 0.15) is 12.4 Å². The normalized spacial score (nSPS) is 11.6. The van der Waals surface area contributed by atoms with Crippen LogP contribution in [-0.4, -0.2) is 30.8 Å². The number of hydrogen-bond acceptors (Lipinski definition) is 7. The summed E-state index contributed by atoms with van der Waals surface area (Å²) in [6.45, 7) is 3.98. The van der Waals surface area contributed by atoms with Crippen molar-refractivity contribution in [3.05, 3.63) is 100 Å². The maximum absolute atomic E-state index is 12.8. The fraction of sp³-hybridized carbons (Fsp3) is 0.160. The van der Waals surface area contributed by atoms with E-state index in [9.17, 15) is 14.9 Å². The summed E-state index contributed by atoms with van der Waals surface area (Å²) in [7, 11) is 0. The molecule has 1 heterocycles. The molecule has 9 nitrogen and oxygen atoms in total. The number of nitro groups is 1. The number of hydrogen-bond donors (Lipinski definition) is 1. The summed E-state index contributed by atoms with van der Waals surface area (Å²) in [6.07, 6.45) is 0. The summed E-state index contributed by atoms with van der Waals surface area (Å²) in [5, 5.41) is 22.3. The molecule has 35 heavy (non-hydrogen) atoms. The Morgan fingerprint density at radius 3 is 2.40 bits per heavy atom. The van der Waals surface area contributed by atoms with E-state index in [1.54, 1.807) is 6.92 Å². The average Bonchev–Trinajstić information content (AvgIpc) is 3.26. The highest BCUT2D eigenvalue weighted by Gasteiger charge is 2.22. The third-order valence-corrected chi connectivity index (χ3v) is 6.14. The van der Waals surface area contributed by atoms with Gasteiger partial charge in [-0.3, -0.25) is 19.5 Å². The largest absolute Gasteiger partial charge is 0.486 e. The molecule has 0 spiro atoms. The van der Waals surface area contributed by atoms with E-state index < -0.39 is 10.2 Å². The molecular weight excluding hydrogens is 466 g/mol. The van der Waals surface area contributed by atoms with Gasteiger partial charge in [0.15, 0.2) is 11.0 Å². The van der Waals surface area contributed by atoms with Crippen LogP contribution in [0.1, 0.15) is 18.3 Å². The van der Waals surface area contributed by atoms with Crippen molar-refractivity contribution in [3.8, 4) is 11.4 Å². The van der Waals surface area contributed by atoms with Crippen LogP contribution in [0.4, 0.5) is 11.4 Å². The average molecular weight is 490 g/mol. The first-order valence-corrected chi connectivity index (χ1v) is 11.7. The van der Waals surface area contributed by atoms with Crippen LogP contribution in [0.3, 0.4) is 0 Å². The minimum atomic E-state index is -0.511. The lowest BCUT2D eigenvalue weighted by atomic mass is 10.2. The lowest BCUT2D eigenvalue weighted by Crippen LogP contribution is -2.23. The molecule has 0 aliphatic rings. The van der Waals surface area contributed by atoms with E-state index in [-0.39, 0.29) is 18.2 Å². The van der Waals surface area contributed by atoms with Crippen LogP contribution in [0, 0.1) is 17.0 Å². The van der Waals surface area contributed by atoms with E-state index in [0.29, 0.717) is 16.7 Å². The molecule has 0 aliphatic heterocycles. The number of non-ortho nitro benzene ring substituents is 1. The first-order valence-electron chi connectivity index (χ1n) is 10.8. The second-order valence-electron chi connectivity index (χ2n) is 7.72. The van der Waals surface area contributed by atoms with Gasteiger partial charge in [0.25, 0.3) is 5.69 Å². The molecule has 4 aromatic rings. The number of carbonyl (C=O) groups excluding carboxylic acids is 1. The van der Waals surface area contributed by atoms with Gasteiger partial charge in [-0.25, -0.2) is 0 Å². The summed E-state index contributed by atoms with van der Waals surface area (Å²) >= 11 is 1.26. The lowest BCUT2D eigenvalue weighted by molar-refractivity contribution is -0.384. The molecule has 3 aromatic carbocycles. The second-order valence-corrected chi connectivity index (χ2v) is 9.03. The third kappa shape index (κ3) is 6.04. The molecule has 1 amide bonds. The van der Waals surface area contributed by atoms with Gasteiger partial charge in [-0.2, -0.15) is 0 Å². The summed E-state index contributed by atoms with van der Waals surface area (Å²) in [5.41, 5.74) is 2.43. The number of ether oxygens (including phenoxy) is 1. The predicted octanol–water partition coefficient (Wildman–Crippen LogP) is 5.18. The van der Waals surface area contributed by atoms with Gasteiger partial charge >= 0.3 is 0 Å². The Balaban J connectivity index is 1.50. The smallest absolute Gasteiger partial charge is 0.269 e. The molecule has 0 aliphatic carbocycles. The summed E-state index contributed by atoms with van der Waals surface area (Å²) in [6, 6.07) is 23.1. The van der Waals surface area contributed by atoms with E-state index in [1.165, 1.54) is 36.0 Å². The SMILES string of the molecule is Cc1ccc(OCc2nnc(S[C@@H](C)C(=O)Nc3ccc([N+](=O)[O-])cc3)n2-c2ccccc2)cc1. The van der Waals surface area contributed by atoms with Crippen molar-refractivity contribution < 1.29 is 14.5 Å². The minimum absolute atomic E-state index is 0.0400. The number of aromatic nitrogens is 3. The molecule has 0 bridgehead atoms. The van der Waals surface area contributed by atoms with Gasteiger partial charge < -0.3 is 10.1 Å². The maximum atomic E-state index is 12.8. The molecule has 1 aromatic heterocycles. The van der Waals surface area contributed by atoms with Crippen molar-refractivity contribution in [1.29, 1.82) is 0 Å². The Bertz CT molecular complexity index is 1310. The number of aryl methyl sites for hydroxylation is 1. The zero-order chi connectivity index (χ0) is 24.8. The molecule has 0 radical (unpaired) electrons. The van der Waals surface area contributed by atoms with Gasteiger partial charge in [-0.05, 0) is 50.2 Å². The van der Waals surface area contributed by atoms with E-state index in [0.717, 1.165) is 17.0 Å². The van der Waals surface area contributed by atoms with Gasteiger partial charge in [-0.15, -0.1) is 10.2 Å². The number of rotatable bonds is 9. The Labute approximate surface area is 206 Å². The monoisotopic (exact) mass is 489 g/mol. The summed E-state index contributed by atoms with van der Waals surface area (Å²) < 4.78 is 7.79. The number of carbonyl (C=O) groups is 1. The van der Waals surface area contributed by atoms with E-state index in [4.69, 9.17) is 4.74 Å². The number of anilines is 1. The lowest BCUT2D eigenvalue weighted by Gasteiger charge is -2.14. The van der Waals surface area contributed by atoms with Crippen LogP contribution in [-0.2, 0) is 11.4 Å². The molecule has 0 fully saturated rings. The topological polar surface area (TPSA) is 112 Å². The molecule has 0 saturated carbocycles. The second kappa shape index (κ2) is 10.8. The number of benzene rings is 3. The van der Waals surface area contributed by atoms with Crippen molar-refractivity contribution in [3.63, 3.8) is 0 Å². The quantitative estimate of drug-likeness (QED) is 0.196. The van der Waals surface area contributed by atoms with E-state index in [1.807, 2.05) is 66.1 Å².